The number of rotatable bonds is 4. The van der Waals surface area contributed by atoms with Crippen molar-refractivity contribution in [2.24, 2.45) is 12.8 Å². The van der Waals surface area contributed by atoms with E-state index in [0.717, 1.165) is 35.9 Å². The number of aromatic nitrogens is 4. The maximum atomic E-state index is 13.7. The zero-order valence-corrected chi connectivity index (χ0v) is 20.7. The van der Waals surface area contributed by atoms with E-state index in [1.807, 2.05) is 18.2 Å². The SMILES string of the molecule is CC#CCn1c(N2CCC[C@@H](N)C2)nc2c1c(=O)n(CC(=O)N1CCc3ccccc3C1)c(=O)n2C. The van der Waals surface area contributed by atoms with Crippen LogP contribution in [0.15, 0.2) is 33.9 Å². The fourth-order valence-electron chi connectivity index (χ4n) is 5.18. The lowest BCUT2D eigenvalue weighted by Crippen LogP contribution is -2.45. The molecule has 1 saturated heterocycles. The Kier molecular flexibility index (Phi) is 6.41. The summed E-state index contributed by atoms with van der Waals surface area (Å²) in [5, 5.41) is 0. The maximum Gasteiger partial charge on any atom is 0.332 e. The van der Waals surface area contributed by atoms with Gasteiger partial charge in [-0.2, -0.15) is 4.98 Å². The fraction of sp³-hybridized carbons (Fsp3) is 0.462. The second-order valence-electron chi connectivity index (χ2n) is 9.51. The van der Waals surface area contributed by atoms with Crippen molar-refractivity contribution >= 4 is 23.0 Å². The summed E-state index contributed by atoms with van der Waals surface area (Å²) in [5.41, 5.74) is 7.98. The van der Waals surface area contributed by atoms with Crippen molar-refractivity contribution in [1.29, 1.82) is 0 Å². The number of anilines is 1. The van der Waals surface area contributed by atoms with Gasteiger partial charge in [0.15, 0.2) is 11.2 Å². The summed E-state index contributed by atoms with van der Waals surface area (Å²) in [6.45, 7) is 4.05. The summed E-state index contributed by atoms with van der Waals surface area (Å²) in [6.07, 6.45) is 2.60. The van der Waals surface area contributed by atoms with E-state index in [-0.39, 0.29) is 36.2 Å². The molecule has 2 aliphatic heterocycles. The van der Waals surface area contributed by atoms with Crippen molar-refractivity contribution in [1.82, 2.24) is 23.6 Å². The topological polar surface area (TPSA) is 111 Å². The zero-order chi connectivity index (χ0) is 25.4. The minimum atomic E-state index is -0.564. The Morgan fingerprint density at radius 2 is 1.94 bits per heavy atom. The van der Waals surface area contributed by atoms with Crippen LogP contribution in [0.25, 0.3) is 11.2 Å². The molecule has 1 amide bonds. The Hall–Kier alpha value is -3.84. The molecule has 0 radical (unpaired) electrons. The fourth-order valence-corrected chi connectivity index (χ4v) is 5.18. The first-order valence-corrected chi connectivity index (χ1v) is 12.3. The van der Waals surface area contributed by atoms with Gasteiger partial charge in [0.05, 0.1) is 6.54 Å². The van der Waals surface area contributed by atoms with Crippen LogP contribution in [0.5, 0.6) is 0 Å². The molecule has 10 nitrogen and oxygen atoms in total. The normalized spacial score (nSPS) is 17.6. The van der Waals surface area contributed by atoms with Crippen molar-refractivity contribution in [3.05, 3.63) is 56.2 Å². The largest absolute Gasteiger partial charge is 0.341 e. The van der Waals surface area contributed by atoms with Crippen LogP contribution >= 0.6 is 0 Å². The molecule has 0 unspecified atom stereocenters. The number of benzene rings is 1. The first kappa shape index (κ1) is 23.9. The van der Waals surface area contributed by atoms with E-state index in [1.54, 1.807) is 23.4 Å². The van der Waals surface area contributed by atoms with Crippen LogP contribution in [0.4, 0.5) is 5.95 Å². The van der Waals surface area contributed by atoms with Crippen LogP contribution < -0.4 is 21.9 Å². The number of hydrogen-bond acceptors (Lipinski definition) is 6. The van der Waals surface area contributed by atoms with Crippen molar-refractivity contribution in [2.45, 2.75) is 51.9 Å². The molecule has 2 aliphatic rings. The number of carbonyl (C=O) groups excluding carboxylic acids is 1. The Morgan fingerprint density at radius 3 is 2.69 bits per heavy atom. The van der Waals surface area contributed by atoms with Crippen LogP contribution in [0, 0.1) is 11.8 Å². The quantitative estimate of drug-likeness (QED) is 0.532. The van der Waals surface area contributed by atoms with Crippen LogP contribution in [0.2, 0.25) is 0 Å². The molecule has 0 spiro atoms. The van der Waals surface area contributed by atoms with Crippen molar-refractivity contribution < 1.29 is 4.79 Å². The first-order chi connectivity index (χ1) is 17.4. The predicted molar refractivity (Wildman–Crippen MR) is 138 cm³/mol. The average Bonchev–Trinajstić information content (AvgIpc) is 3.28. The summed E-state index contributed by atoms with van der Waals surface area (Å²) in [6, 6.07) is 8.03. The second-order valence-corrected chi connectivity index (χ2v) is 9.51. The van der Waals surface area contributed by atoms with Crippen LogP contribution in [-0.4, -0.2) is 55.2 Å². The second kappa shape index (κ2) is 9.66. The Labute approximate surface area is 208 Å². The summed E-state index contributed by atoms with van der Waals surface area (Å²) < 4.78 is 4.12. The maximum absolute atomic E-state index is 13.7. The molecule has 2 aromatic heterocycles. The van der Waals surface area contributed by atoms with Crippen LogP contribution in [-0.2, 0) is 37.9 Å². The lowest BCUT2D eigenvalue weighted by Gasteiger charge is -2.31. The number of nitrogens with two attached hydrogens (primary N) is 1. The van der Waals surface area contributed by atoms with Gasteiger partial charge < -0.3 is 15.5 Å². The molecular weight excluding hydrogens is 458 g/mol. The smallest absolute Gasteiger partial charge is 0.332 e. The predicted octanol–water partition coefficient (Wildman–Crippen LogP) is 0.432. The van der Waals surface area contributed by atoms with E-state index in [9.17, 15) is 14.4 Å². The molecule has 36 heavy (non-hydrogen) atoms. The molecule has 0 saturated carbocycles. The van der Waals surface area contributed by atoms with Crippen molar-refractivity contribution in [2.75, 3.05) is 24.5 Å². The summed E-state index contributed by atoms with van der Waals surface area (Å²) in [4.78, 5) is 48.6. The van der Waals surface area contributed by atoms with E-state index in [2.05, 4.69) is 22.8 Å². The number of aryl methyl sites for hydroxylation is 1. The third kappa shape index (κ3) is 4.20. The highest BCUT2D eigenvalue weighted by Gasteiger charge is 2.27. The Balaban J connectivity index is 1.55. The molecule has 5 rings (SSSR count). The highest BCUT2D eigenvalue weighted by Crippen LogP contribution is 2.23. The molecule has 188 valence electrons. The summed E-state index contributed by atoms with van der Waals surface area (Å²) in [5.74, 6) is 6.21. The monoisotopic (exact) mass is 489 g/mol. The lowest BCUT2D eigenvalue weighted by molar-refractivity contribution is -0.132. The molecule has 1 atom stereocenters. The molecule has 2 N–H and O–H groups in total. The average molecular weight is 490 g/mol. The van der Waals surface area contributed by atoms with Gasteiger partial charge >= 0.3 is 5.69 Å². The van der Waals surface area contributed by atoms with Gasteiger partial charge in [-0.3, -0.25) is 18.7 Å². The zero-order valence-electron chi connectivity index (χ0n) is 20.7. The summed E-state index contributed by atoms with van der Waals surface area (Å²) in [7, 11) is 1.58. The Morgan fingerprint density at radius 1 is 1.17 bits per heavy atom. The van der Waals surface area contributed by atoms with E-state index < -0.39 is 11.2 Å². The number of carbonyl (C=O) groups is 1. The molecule has 1 aromatic carbocycles. The number of nitrogens with zero attached hydrogens (tertiary/aromatic N) is 6. The molecule has 1 fully saturated rings. The highest BCUT2D eigenvalue weighted by molar-refractivity contribution is 5.78. The minimum Gasteiger partial charge on any atom is -0.341 e. The number of imidazole rings is 1. The first-order valence-electron chi connectivity index (χ1n) is 12.3. The third-order valence-electron chi connectivity index (χ3n) is 7.14. The van der Waals surface area contributed by atoms with Crippen molar-refractivity contribution in [3.8, 4) is 11.8 Å². The standard InChI is InChI=1S/C26H31N7O3/c1-3-4-13-32-22-23(28-25(32)31-12-7-10-20(27)16-31)29(2)26(36)33(24(22)35)17-21(34)30-14-11-18-8-5-6-9-19(18)15-30/h5-6,8-9,20H,7,10-17,27H2,1-2H3/t20-/m1/s1. The molecule has 0 bridgehead atoms. The number of fused-ring (bicyclic) bond motifs is 2. The molecule has 0 aliphatic carbocycles. The van der Waals surface area contributed by atoms with Gasteiger partial charge in [0.1, 0.15) is 6.54 Å². The van der Waals surface area contributed by atoms with Gasteiger partial charge in [0, 0.05) is 39.3 Å². The minimum absolute atomic E-state index is 0.0112. The van der Waals surface area contributed by atoms with Gasteiger partial charge in [-0.15, -0.1) is 5.92 Å². The molecular formula is C26H31N7O3. The van der Waals surface area contributed by atoms with Crippen molar-refractivity contribution in [3.63, 3.8) is 0 Å². The van der Waals surface area contributed by atoms with E-state index >= 15 is 0 Å². The lowest BCUT2D eigenvalue weighted by atomic mass is 10.00. The van der Waals surface area contributed by atoms with Gasteiger partial charge in [-0.25, -0.2) is 9.36 Å². The third-order valence-corrected chi connectivity index (χ3v) is 7.14. The summed E-state index contributed by atoms with van der Waals surface area (Å²) >= 11 is 0. The van der Waals surface area contributed by atoms with Crippen LogP contribution in [0.1, 0.15) is 30.9 Å². The Bertz CT molecular complexity index is 1500. The number of amides is 1. The number of piperidine rings is 1. The van der Waals surface area contributed by atoms with Gasteiger partial charge in [-0.1, -0.05) is 30.2 Å². The van der Waals surface area contributed by atoms with Gasteiger partial charge in [0.2, 0.25) is 11.9 Å². The molecule has 3 aromatic rings. The number of hydrogen-bond donors (Lipinski definition) is 1. The van der Waals surface area contributed by atoms with Gasteiger partial charge in [0.25, 0.3) is 5.56 Å². The molecule has 4 heterocycles. The highest BCUT2D eigenvalue weighted by atomic mass is 16.2. The van der Waals surface area contributed by atoms with E-state index in [1.165, 1.54) is 10.1 Å². The van der Waals surface area contributed by atoms with E-state index in [0.29, 0.717) is 25.6 Å². The molecule has 10 heteroatoms. The van der Waals surface area contributed by atoms with E-state index in [4.69, 9.17) is 10.7 Å². The van der Waals surface area contributed by atoms with Gasteiger partial charge in [-0.05, 0) is 37.3 Å². The van der Waals surface area contributed by atoms with Crippen LogP contribution in [0.3, 0.4) is 0 Å².